The molecule has 0 spiro atoms. The zero-order chi connectivity index (χ0) is 17.7. The number of benzene rings is 1. The first-order valence-electron chi connectivity index (χ1n) is 7.41. The minimum absolute atomic E-state index is 0.241. The number of nitrogens with one attached hydrogen (secondary N) is 2. The average molecular weight is 350 g/mol. The fourth-order valence-electron chi connectivity index (χ4n) is 2.01. The van der Waals surface area contributed by atoms with Gasteiger partial charge in [-0.2, -0.15) is 5.10 Å². The zero-order valence-electron chi connectivity index (χ0n) is 13.8. The van der Waals surface area contributed by atoms with Crippen LogP contribution in [-0.4, -0.2) is 53.7 Å². The highest BCUT2D eigenvalue weighted by atomic mass is 35.5. The van der Waals surface area contributed by atoms with Crippen molar-refractivity contribution in [3.63, 3.8) is 0 Å². The molecule has 2 N–H and O–H groups in total. The number of rotatable bonds is 6. The molecular formula is C16H20ClN5O2. The number of hydrogen-bond donors (Lipinski definition) is 2. The minimum Gasteiger partial charge on any atom is -0.349 e. The fourth-order valence-corrected chi connectivity index (χ4v) is 2.23. The minimum atomic E-state index is -0.358. The number of aromatic nitrogens is 2. The second-order valence-corrected chi connectivity index (χ2v) is 5.94. The van der Waals surface area contributed by atoms with Crippen molar-refractivity contribution in [2.75, 3.05) is 32.5 Å². The van der Waals surface area contributed by atoms with Crippen LogP contribution in [0.25, 0.3) is 0 Å². The van der Waals surface area contributed by atoms with Gasteiger partial charge in [-0.05, 0) is 26.2 Å². The van der Waals surface area contributed by atoms with Crippen LogP contribution in [0.2, 0.25) is 5.02 Å². The third kappa shape index (κ3) is 4.56. The molecule has 0 saturated heterocycles. The van der Waals surface area contributed by atoms with E-state index in [0.29, 0.717) is 22.9 Å². The van der Waals surface area contributed by atoms with E-state index in [0.717, 1.165) is 6.54 Å². The van der Waals surface area contributed by atoms with Crippen molar-refractivity contribution in [3.05, 3.63) is 46.6 Å². The van der Waals surface area contributed by atoms with E-state index in [2.05, 4.69) is 15.7 Å². The Balaban J connectivity index is 2.05. The molecule has 2 amide bonds. The van der Waals surface area contributed by atoms with E-state index >= 15 is 0 Å². The SMILES string of the molecule is CN(C)CCNC(=O)c1cc(NC(=O)c2ccccc2Cl)n(C)n1. The first kappa shape index (κ1) is 18.0. The first-order chi connectivity index (χ1) is 11.4. The molecule has 0 bridgehead atoms. The van der Waals surface area contributed by atoms with Crippen LogP contribution in [0.5, 0.6) is 0 Å². The number of nitrogens with zero attached hydrogens (tertiary/aromatic N) is 3. The number of anilines is 1. The highest BCUT2D eigenvalue weighted by Gasteiger charge is 2.16. The number of amides is 2. The normalized spacial score (nSPS) is 10.7. The number of hydrogen-bond acceptors (Lipinski definition) is 4. The van der Waals surface area contributed by atoms with Gasteiger partial charge in [-0.1, -0.05) is 23.7 Å². The van der Waals surface area contributed by atoms with Crippen molar-refractivity contribution in [2.24, 2.45) is 7.05 Å². The number of likely N-dealkylation sites (N-methyl/N-ethyl adjacent to an activating group) is 1. The molecule has 0 aliphatic heterocycles. The maximum Gasteiger partial charge on any atom is 0.271 e. The van der Waals surface area contributed by atoms with Crippen molar-refractivity contribution in [1.29, 1.82) is 0 Å². The van der Waals surface area contributed by atoms with E-state index in [-0.39, 0.29) is 17.5 Å². The molecule has 24 heavy (non-hydrogen) atoms. The number of carbonyl (C=O) groups excluding carboxylic acids is 2. The van der Waals surface area contributed by atoms with Crippen molar-refractivity contribution in [2.45, 2.75) is 0 Å². The predicted octanol–water partition coefficient (Wildman–Crippen LogP) is 1.62. The summed E-state index contributed by atoms with van der Waals surface area (Å²) in [6.07, 6.45) is 0. The molecule has 0 aliphatic carbocycles. The standard InChI is InChI=1S/C16H20ClN5O2/c1-21(2)9-8-18-16(24)13-10-14(22(3)20-13)19-15(23)11-6-4-5-7-12(11)17/h4-7,10H,8-9H2,1-3H3,(H,18,24)(H,19,23). The molecule has 0 aliphatic rings. The summed E-state index contributed by atoms with van der Waals surface area (Å²) in [6.45, 7) is 1.25. The van der Waals surface area contributed by atoms with Gasteiger partial charge in [0.1, 0.15) is 5.82 Å². The molecule has 1 aromatic heterocycles. The second kappa shape index (κ2) is 7.94. The molecule has 0 radical (unpaired) electrons. The number of carbonyl (C=O) groups is 2. The smallest absolute Gasteiger partial charge is 0.271 e. The Hall–Kier alpha value is -2.38. The van der Waals surface area contributed by atoms with Gasteiger partial charge >= 0.3 is 0 Å². The Morgan fingerprint density at radius 1 is 1.25 bits per heavy atom. The van der Waals surface area contributed by atoms with E-state index in [9.17, 15) is 9.59 Å². The third-order valence-electron chi connectivity index (χ3n) is 3.32. The molecule has 8 heteroatoms. The highest BCUT2D eigenvalue weighted by molar-refractivity contribution is 6.34. The van der Waals surface area contributed by atoms with Gasteiger partial charge < -0.3 is 15.5 Å². The van der Waals surface area contributed by atoms with Crippen LogP contribution in [0, 0.1) is 0 Å². The first-order valence-corrected chi connectivity index (χ1v) is 7.79. The Kier molecular flexibility index (Phi) is 5.94. The van der Waals surface area contributed by atoms with E-state index in [1.165, 1.54) is 10.7 Å². The topological polar surface area (TPSA) is 79.3 Å². The molecule has 0 unspecified atom stereocenters. The molecule has 1 heterocycles. The number of halogens is 1. The van der Waals surface area contributed by atoms with Crippen LogP contribution < -0.4 is 10.6 Å². The summed E-state index contributed by atoms with van der Waals surface area (Å²) in [5, 5.41) is 9.96. The molecule has 7 nitrogen and oxygen atoms in total. The predicted molar refractivity (Wildman–Crippen MR) is 93.5 cm³/mol. The molecule has 2 rings (SSSR count). The lowest BCUT2D eigenvalue weighted by Crippen LogP contribution is -2.31. The van der Waals surface area contributed by atoms with Crippen molar-refractivity contribution in [1.82, 2.24) is 20.0 Å². The molecular weight excluding hydrogens is 330 g/mol. The van der Waals surface area contributed by atoms with Gasteiger partial charge in [0.15, 0.2) is 5.69 Å². The molecule has 128 valence electrons. The Bertz CT molecular complexity index is 742. The van der Waals surface area contributed by atoms with Crippen molar-refractivity contribution < 1.29 is 9.59 Å². The van der Waals surface area contributed by atoms with Gasteiger partial charge in [0, 0.05) is 26.2 Å². The fraction of sp³-hybridized carbons (Fsp3) is 0.312. The summed E-state index contributed by atoms with van der Waals surface area (Å²) in [5.74, 6) is -0.230. The van der Waals surface area contributed by atoms with E-state index in [1.54, 1.807) is 31.3 Å². The molecule has 0 atom stereocenters. The Morgan fingerprint density at radius 3 is 2.62 bits per heavy atom. The summed E-state index contributed by atoms with van der Waals surface area (Å²) in [4.78, 5) is 26.3. The van der Waals surface area contributed by atoms with Crippen LogP contribution >= 0.6 is 11.6 Å². The van der Waals surface area contributed by atoms with E-state index < -0.39 is 0 Å². The maximum absolute atomic E-state index is 12.3. The van der Waals surface area contributed by atoms with Gasteiger partial charge in [0.05, 0.1) is 10.6 Å². The Labute approximate surface area is 145 Å². The monoisotopic (exact) mass is 349 g/mol. The Morgan fingerprint density at radius 2 is 1.96 bits per heavy atom. The molecule has 2 aromatic rings. The van der Waals surface area contributed by atoms with Crippen LogP contribution in [0.4, 0.5) is 5.82 Å². The van der Waals surface area contributed by atoms with Crippen LogP contribution in [0.3, 0.4) is 0 Å². The summed E-state index contributed by atoms with van der Waals surface area (Å²) >= 11 is 6.01. The molecule has 0 saturated carbocycles. The lowest BCUT2D eigenvalue weighted by Gasteiger charge is -2.09. The van der Waals surface area contributed by atoms with Crippen molar-refractivity contribution >= 4 is 29.2 Å². The second-order valence-electron chi connectivity index (χ2n) is 5.53. The quantitative estimate of drug-likeness (QED) is 0.830. The summed E-state index contributed by atoms with van der Waals surface area (Å²) in [5.41, 5.74) is 0.600. The van der Waals surface area contributed by atoms with Crippen LogP contribution in [-0.2, 0) is 7.05 Å². The van der Waals surface area contributed by atoms with Crippen molar-refractivity contribution in [3.8, 4) is 0 Å². The lowest BCUT2D eigenvalue weighted by molar-refractivity contribution is 0.0944. The van der Waals surface area contributed by atoms with Gasteiger partial charge in [-0.25, -0.2) is 0 Å². The maximum atomic E-state index is 12.3. The van der Waals surface area contributed by atoms with Gasteiger partial charge in [0.25, 0.3) is 11.8 Å². The largest absolute Gasteiger partial charge is 0.349 e. The lowest BCUT2D eigenvalue weighted by atomic mass is 10.2. The van der Waals surface area contributed by atoms with Crippen LogP contribution in [0.15, 0.2) is 30.3 Å². The molecule has 1 aromatic carbocycles. The summed E-state index contributed by atoms with van der Waals surface area (Å²) < 4.78 is 1.44. The molecule has 0 fully saturated rings. The third-order valence-corrected chi connectivity index (χ3v) is 3.65. The van der Waals surface area contributed by atoms with Crippen LogP contribution in [0.1, 0.15) is 20.8 Å². The average Bonchev–Trinajstić information content (AvgIpc) is 2.88. The summed E-state index contributed by atoms with van der Waals surface area (Å²) in [7, 11) is 5.50. The van der Waals surface area contributed by atoms with Gasteiger partial charge in [-0.3, -0.25) is 14.3 Å². The summed E-state index contributed by atoms with van der Waals surface area (Å²) in [6, 6.07) is 8.28. The van der Waals surface area contributed by atoms with Gasteiger partial charge in [0.2, 0.25) is 0 Å². The van der Waals surface area contributed by atoms with E-state index in [4.69, 9.17) is 11.6 Å². The zero-order valence-corrected chi connectivity index (χ0v) is 14.6. The highest BCUT2D eigenvalue weighted by Crippen LogP contribution is 2.17. The van der Waals surface area contributed by atoms with E-state index in [1.807, 2.05) is 19.0 Å². The number of aryl methyl sites for hydroxylation is 1. The van der Waals surface area contributed by atoms with Gasteiger partial charge in [-0.15, -0.1) is 0 Å².